The number of likely N-dealkylation sites (tertiary alicyclic amines) is 1. The molecule has 0 aromatic carbocycles. The van der Waals surface area contributed by atoms with Crippen molar-refractivity contribution in [1.29, 1.82) is 0 Å². The summed E-state index contributed by atoms with van der Waals surface area (Å²) in [6.45, 7) is 3.61. The van der Waals surface area contributed by atoms with E-state index in [1.807, 2.05) is 0 Å². The maximum absolute atomic E-state index is 10.6. The number of aliphatic carboxylic acids is 1. The second kappa shape index (κ2) is 5.36. The molecule has 1 saturated carbocycles. The normalized spacial score (nSPS) is 27.9. The van der Waals surface area contributed by atoms with Gasteiger partial charge in [0.05, 0.1) is 13.0 Å². The molecule has 1 N–H and O–H groups in total. The van der Waals surface area contributed by atoms with Crippen LogP contribution in [0.3, 0.4) is 0 Å². The van der Waals surface area contributed by atoms with E-state index in [-0.39, 0.29) is 6.42 Å². The molecule has 1 aliphatic carbocycles. The van der Waals surface area contributed by atoms with Crippen LogP contribution in [0.25, 0.3) is 0 Å². The molecule has 98 valence electrons. The summed E-state index contributed by atoms with van der Waals surface area (Å²) in [5, 5.41) is 8.75. The van der Waals surface area contributed by atoms with Gasteiger partial charge in [-0.15, -0.1) is 0 Å². The first kappa shape index (κ1) is 12.8. The number of carboxylic acids is 1. The minimum Gasteiger partial charge on any atom is -0.481 e. The number of hydrogen-bond acceptors (Lipinski definition) is 3. The van der Waals surface area contributed by atoms with Gasteiger partial charge in [-0.3, -0.25) is 4.79 Å². The molecule has 1 spiro atoms. The van der Waals surface area contributed by atoms with E-state index in [1.165, 1.54) is 25.7 Å². The largest absolute Gasteiger partial charge is 0.481 e. The van der Waals surface area contributed by atoms with Gasteiger partial charge >= 0.3 is 5.97 Å². The molecule has 2 fully saturated rings. The Labute approximate surface area is 103 Å². The SMILES string of the molecule is COCC1CN(CCC(=O)O)CC12CCCC2. The molecule has 0 radical (unpaired) electrons. The highest BCUT2D eigenvalue weighted by Gasteiger charge is 2.47. The van der Waals surface area contributed by atoms with Crippen molar-refractivity contribution in [3.8, 4) is 0 Å². The second-order valence-corrected chi connectivity index (χ2v) is 5.60. The summed E-state index contributed by atoms with van der Waals surface area (Å²) in [5.41, 5.74) is 0.425. The van der Waals surface area contributed by atoms with E-state index in [9.17, 15) is 4.79 Å². The molecule has 1 aliphatic heterocycles. The van der Waals surface area contributed by atoms with Gasteiger partial charge in [0, 0.05) is 32.7 Å². The van der Waals surface area contributed by atoms with E-state index in [0.29, 0.717) is 17.9 Å². The molecule has 0 amide bonds. The molecule has 0 bridgehead atoms. The van der Waals surface area contributed by atoms with Gasteiger partial charge in [0.1, 0.15) is 0 Å². The highest BCUT2D eigenvalue weighted by molar-refractivity contribution is 5.66. The molecule has 1 atom stereocenters. The summed E-state index contributed by atoms with van der Waals surface area (Å²) < 4.78 is 5.34. The minimum absolute atomic E-state index is 0.260. The van der Waals surface area contributed by atoms with E-state index in [2.05, 4.69) is 4.90 Å². The topological polar surface area (TPSA) is 49.8 Å². The summed E-state index contributed by atoms with van der Waals surface area (Å²) in [6.07, 6.45) is 5.50. The van der Waals surface area contributed by atoms with E-state index in [4.69, 9.17) is 9.84 Å². The molecule has 4 nitrogen and oxygen atoms in total. The fraction of sp³-hybridized carbons (Fsp3) is 0.923. The van der Waals surface area contributed by atoms with Gasteiger partial charge in [-0.2, -0.15) is 0 Å². The number of ether oxygens (including phenoxy) is 1. The van der Waals surface area contributed by atoms with E-state index in [0.717, 1.165) is 19.7 Å². The Morgan fingerprint density at radius 2 is 2.18 bits per heavy atom. The smallest absolute Gasteiger partial charge is 0.304 e. The van der Waals surface area contributed by atoms with Crippen molar-refractivity contribution in [1.82, 2.24) is 4.90 Å². The van der Waals surface area contributed by atoms with Crippen molar-refractivity contribution in [3.63, 3.8) is 0 Å². The summed E-state index contributed by atoms with van der Waals surface area (Å²) in [6, 6.07) is 0. The van der Waals surface area contributed by atoms with E-state index in [1.54, 1.807) is 7.11 Å². The molecule has 1 heterocycles. The number of nitrogens with zero attached hydrogens (tertiary/aromatic N) is 1. The second-order valence-electron chi connectivity index (χ2n) is 5.60. The van der Waals surface area contributed by atoms with Crippen LogP contribution in [0, 0.1) is 11.3 Å². The third-order valence-electron chi connectivity index (χ3n) is 4.49. The molecular formula is C13H23NO3. The van der Waals surface area contributed by atoms with Crippen molar-refractivity contribution >= 4 is 5.97 Å². The molecule has 2 aliphatic rings. The van der Waals surface area contributed by atoms with Crippen LogP contribution in [0.15, 0.2) is 0 Å². The molecule has 2 rings (SSSR count). The lowest BCUT2D eigenvalue weighted by Crippen LogP contribution is -2.30. The van der Waals surface area contributed by atoms with Gasteiger partial charge in [-0.05, 0) is 18.3 Å². The van der Waals surface area contributed by atoms with Crippen LogP contribution in [0.2, 0.25) is 0 Å². The van der Waals surface area contributed by atoms with Gasteiger partial charge in [-0.1, -0.05) is 12.8 Å². The molecule has 1 unspecified atom stereocenters. The summed E-state index contributed by atoms with van der Waals surface area (Å²) in [5.74, 6) is -0.0931. The number of hydrogen-bond donors (Lipinski definition) is 1. The van der Waals surface area contributed by atoms with Crippen LogP contribution in [0.1, 0.15) is 32.1 Å². The van der Waals surface area contributed by atoms with Crippen LogP contribution < -0.4 is 0 Å². The Morgan fingerprint density at radius 3 is 2.76 bits per heavy atom. The molecule has 1 saturated heterocycles. The lowest BCUT2D eigenvalue weighted by atomic mass is 9.77. The maximum Gasteiger partial charge on any atom is 0.304 e. The van der Waals surface area contributed by atoms with Crippen LogP contribution in [0.5, 0.6) is 0 Å². The lowest BCUT2D eigenvalue weighted by molar-refractivity contribution is -0.137. The van der Waals surface area contributed by atoms with Gasteiger partial charge in [0.15, 0.2) is 0 Å². The first-order valence-corrected chi connectivity index (χ1v) is 6.59. The fourth-order valence-electron chi connectivity index (χ4n) is 3.64. The van der Waals surface area contributed by atoms with Gasteiger partial charge in [-0.25, -0.2) is 0 Å². The summed E-state index contributed by atoms with van der Waals surface area (Å²) in [7, 11) is 1.77. The van der Waals surface area contributed by atoms with E-state index >= 15 is 0 Å². The predicted molar refractivity (Wildman–Crippen MR) is 65.0 cm³/mol. The minimum atomic E-state index is -0.694. The summed E-state index contributed by atoms with van der Waals surface area (Å²) >= 11 is 0. The van der Waals surface area contributed by atoms with Gasteiger partial charge < -0.3 is 14.7 Å². The Balaban J connectivity index is 1.94. The molecule has 0 aromatic rings. The van der Waals surface area contributed by atoms with Crippen LogP contribution in [-0.2, 0) is 9.53 Å². The maximum atomic E-state index is 10.6. The average Bonchev–Trinajstić information content (AvgIpc) is 2.87. The standard InChI is InChI=1S/C13H23NO3/c1-17-9-11-8-14(7-4-12(15)16)10-13(11)5-2-3-6-13/h11H,2-10H2,1H3,(H,15,16). The van der Waals surface area contributed by atoms with Crippen molar-refractivity contribution in [2.24, 2.45) is 11.3 Å². The zero-order valence-electron chi connectivity index (χ0n) is 10.7. The third kappa shape index (κ3) is 2.80. The van der Waals surface area contributed by atoms with E-state index < -0.39 is 5.97 Å². The van der Waals surface area contributed by atoms with Crippen LogP contribution in [-0.4, -0.2) is 49.3 Å². The zero-order chi connectivity index (χ0) is 12.3. The van der Waals surface area contributed by atoms with Crippen molar-refractivity contribution in [2.45, 2.75) is 32.1 Å². The van der Waals surface area contributed by atoms with Gasteiger partial charge in [0.2, 0.25) is 0 Å². The van der Waals surface area contributed by atoms with Crippen molar-refractivity contribution in [2.75, 3.05) is 33.4 Å². The van der Waals surface area contributed by atoms with Gasteiger partial charge in [0.25, 0.3) is 0 Å². The molecule has 0 aromatic heterocycles. The number of methoxy groups -OCH3 is 1. The first-order chi connectivity index (χ1) is 8.16. The highest BCUT2D eigenvalue weighted by Crippen LogP contribution is 2.49. The monoisotopic (exact) mass is 241 g/mol. The average molecular weight is 241 g/mol. The Morgan fingerprint density at radius 1 is 1.47 bits per heavy atom. The zero-order valence-corrected chi connectivity index (χ0v) is 10.7. The Hall–Kier alpha value is -0.610. The molecular weight excluding hydrogens is 218 g/mol. The van der Waals surface area contributed by atoms with Crippen molar-refractivity contribution in [3.05, 3.63) is 0 Å². The fourth-order valence-corrected chi connectivity index (χ4v) is 3.64. The first-order valence-electron chi connectivity index (χ1n) is 6.59. The highest BCUT2D eigenvalue weighted by atomic mass is 16.5. The van der Waals surface area contributed by atoms with Crippen LogP contribution >= 0.6 is 0 Å². The molecule has 4 heteroatoms. The Kier molecular flexibility index (Phi) is 4.05. The number of carbonyl (C=O) groups is 1. The summed E-state index contributed by atoms with van der Waals surface area (Å²) in [4.78, 5) is 12.9. The number of rotatable bonds is 5. The Bertz CT molecular complexity index is 274. The number of carboxylic acid groups (broad SMARTS) is 1. The molecule has 17 heavy (non-hydrogen) atoms. The lowest BCUT2D eigenvalue weighted by Gasteiger charge is -2.29. The van der Waals surface area contributed by atoms with Crippen molar-refractivity contribution < 1.29 is 14.6 Å². The predicted octanol–water partition coefficient (Wildman–Crippen LogP) is 1.60. The quantitative estimate of drug-likeness (QED) is 0.794. The van der Waals surface area contributed by atoms with Crippen LogP contribution in [0.4, 0.5) is 0 Å². The third-order valence-corrected chi connectivity index (χ3v) is 4.49.